The Morgan fingerprint density at radius 3 is 2.83 bits per heavy atom. The molecule has 1 atom stereocenters. The van der Waals surface area contributed by atoms with Crippen LogP contribution in [0.4, 0.5) is 0 Å². The molecule has 0 radical (unpaired) electrons. The van der Waals surface area contributed by atoms with E-state index in [0.29, 0.717) is 19.4 Å². The van der Waals surface area contributed by atoms with Crippen molar-refractivity contribution in [2.45, 2.75) is 26.2 Å². The Morgan fingerprint density at radius 1 is 1.26 bits per heavy atom. The molecule has 1 aromatic carbocycles. The number of rotatable bonds is 8. The molecule has 0 aliphatic heterocycles. The van der Waals surface area contributed by atoms with Crippen LogP contribution in [0.15, 0.2) is 48.7 Å². The van der Waals surface area contributed by atoms with E-state index in [0.717, 1.165) is 12.1 Å². The maximum absolute atomic E-state index is 12.0. The summed E-state index contributed by atoms with van der Waals surface area (Å²) in [5.74, 6) is 0.0128. The first-order chi connectivity index (χ1) is 11.2. The number of aliphatic hydroxyl groups excluding tert-OH is 1. The number of hydrogen-bond donors (Lipinski definition) is 2. The van der Waals surface area contributed by atoms with Gasteiger partial charge < -0.3 is 10.4 Å². The molecule has 1 unspecified atom stereocenters. The minimum atomic E-state index is -0.00665. The van der Waals surface area contributed by atoms with Crippen LogP contribution in [0.25, 0.3) is 0 Å². The van der Waals surface area contributed by atoms with Crippen LogP contribution in [0, 0.1) is 12.8 Å². The Kier molecular flexibility index (Phi) is 6.76. The number of nitrogens with one attached hydrogen (secondary N) is 1. The first kappa shape index (κ1) is 17.2. The molecule has 0 bridgehead atoms. The fraction of sp³-hybridized carbons (Fsp3) is 0.368. The van der Waals surface area contributed by atoms with Crippen LogP contribution in [0.2, 0.25) is 0 Å². The average Bonchev–Trinajstić information content (AvgIpc) is 2.57. The van der Waals surface area contributed by atoms with Crippen molar-refractivity contribution in [1.29, 1.82) is 0 Å². The van der Waals surface area contributed by atoms with Crippen LogP contribution in [-0.4, -0.2) is 29.1 Å². The van der Waals surface area contributed by atoms with Gasteiger partial charge in [-0.05, 0) is 37.5 Å². The van der Waals surface area contributed by atoms with Gasteiger partial charge in [-0.1, -0.05) is 35.9 Å². The van der Waals surface area contributed by atoms with E-state index >= 15 is 0 Å². The topological polar surface area (TPSA) is 62.2 Å². The molecule has 2 rings (SSSR count). The van der Waals surface area contributed by atoms with E-state index in [1.165, 1.54) is 11.1 Å². The molecule has 0 saturated carbocycles. The first-order valence-corrected chi connectivity index (χ1v) is 8.00. The molecule has 2 aromatic rings. The van der Waals surface area contributed by atoms with E-state index in [4.69, 9.17) is 0 Å². The summed E-state index contributed by atoms with van der Waals surface area (Å²) in [5.41, 5.74) is 3.31. The number of aryl methyl sites for hydroxylation is 2. The normalized spacial score (nSPS) is 11.9. The summed E-state index contributed by atoms with van der Waals surface area (Å²) in [4.78, 5) is 16.2. The molecule has 1 aromatic heterocycles. The number of carbonyl (C=O) groups is 1. The lowest BCUT2D eigenvalue weighted by atomic mass is 10.0. The largest absolute Gasteiger partial charge is 0.396 e. The second-order valence-electron chi connectivity index (χ2n) is 5.87. The van der Waals surface area contributed by atoms with Gasteiger partial charge in [-0.25, -0.2) is 0 Å². The highest BCUT2D eigenvalue weighted by Gasteiger charge is 2.11. The summed E-state index contributed by atoms with van der Waals surface area (Å²) in [6, 6.07) is 13.9. The minimum absolute atomic E-state index is 0.00665. The maximum atomic E-state index is 12.0. The molecule has 0 aliphatic rings. The summed E-state index contributed by atoms with van der Waals surface area (Å²) >= 11 is 0. The number of pyridine rings is 1. The monoisotopic (exact) mass is 312 g/mol. The minimum Gasteiger partial charge on any atom is -0.396 e. The van der Waals surface area contributed by atoms with Gasteiger partial charge in [-0.15, -0.1) is 0 Å². The van der Waals surface area contributed by atoms with Crippen LogP contribution in [0.1, 0.15) is 23.2 Å². The smallest absolute Gasteiger partial charge is 0.220 e. The number of amides is 1. The predicted molar refractivity (Wildman–Crippen MR) is 91.0 cm³/mol. The summed E-state index contributed by atoms with van der Waals surface area (Å²) in [6.07, 6.45) is 3.60. The number of hydrogen-bond acceptors (Lipinski definition) is 3. The van der Waals surface area contributed by atoms with Gasteiger partial charge in [0.2, 0.25) is 5.91 Å². The highest BCUT2D eigenvalue weighted by atomic mass is 16.3. The summed E-state index contributed by atoms with van der Waals surface area (Å²) < 4.78 is 0. The Hall–Kier alpha value is -2.20. The van der Waals surface area contributed by atoms with Gasteiger partial charge in [0.15, 0.2) is 0 Å². The molecule has 1 amide bonds. The van der Waals surface area contributed by atoms with E-state index in [1.807, 2.05) is 43.3 Å². The van der Waals surface area contributed by atoms with Crippen LogP contribution in [-0.2, 0) is 17.6 Å². The highest BCUT2D eigenvalue weighted by Crippen LogP contribution is 2.07. The number of benzene rings is 1. The van der Waals surface area contributed by atoms with Crippen molar-refractivity contribution in [3.63, 3.8) is 0 Å². The molecular weight excluding hydrogens is 288 g/mol. The molecule has 4 nitrogen and oxygen atoms in total. The van der Waals surface area contributed by atoms with Crippen LogP contribution < -0.4 is 5.32 Å². The Morgan fingerprint density at radius 2 is 2.13 bits per heavy atom. The number of aliphatic hydroxyl groups is 1. The second kappa shape index (κ2) is 9.06. The van der Waals surface area contributed by atoms with E-state index in [9.17, 15) is 9.90 Å². The summed E-state index contributed by atoms with van der Waals surface area (Å²) in [5, 5.41) is 12.4. The molecule has 2 N–H and O–H groups in total. The van der Waals surface area contributed by atoms with Crippen molar-refractivity contribution in [2.75, 3.05) is 13.2 Å². The van der Waals surface area contributed by atoms with Crippen molar-refractivity contribution < 1.29 is 9.90 Å². The van der Waals surface area contributed by atoms with Crippen molar-refractivity contribution in [2.24, 2.45) is 5.92 Å². The van der Waals surface area contributed by atoms with Crippen molar-refractivity contribution in [1.82, 2.24) is 10.3 Å². The quantitative estimate of drug-likeness (QED) is 0.786. The van der Waals surface area contributed by atoms with Gasteiger partial charge in [0.1, 0.15) is 0 Å². The Bertz CT molecular complexity index is 614. The van der Waals surface area contributed by atoms with Gasteiger partial charge in [-0.3, -0.25) is 9.78 Å². The maximum Gasteiger partial charge on any atom is 0.220 e. The number of aromatic nitrogens is 1. The summed E-state index contributed by atoms with van der Waals surface area (Å²) in [6.45, 7) is 2.56. The lowest BCUT2D eigenvalue weighted by Crippen LogP contribution is -2.32. The zero-order chi connectivity index (χ0) is 16.5. The third-order valence-corrected chi connectivity index (χ3v) is 3.79. The molecule has 0 aliphatic carbocycles. The van der Waals surface area contributed by atoms with Crippen LogP contribution in [0.5, 0.6) is 0 Å². The third-order valence-electron chi connectivity index (χ3n) is 3.79. The molecule has 23 heavy (non-hydrogen) atoms. The lowest BCUT2D eigenvalue weighted by Gasteiger charge is -2.14. The third kappa shape index (κ3) is 6.20. The highest BCUT2D eigenvalue weighted by molar-refractivity contribution is 5.76. The zero-order valence-electron chi connectivity index (χ0n) is 13.5. The van der Waals surface area contributed by atoms with E-state index in [-0.39, 0.29) is 18.4 Å². The van der Waals surface area contributed by atoms with Gasteiger partial charge in [0.25, 0.3) is 0 Å². The Balaban J connectivity index is 1.74. The second-order valence-corrected chi connectivity index (χ2v) is 5.87. The van der Waals surface area contributed by atoms with E-state index < -0.39 is 0 Å². The molecule has 1 heterocycles. The first-order valence-electron chi connectivity index (χ1n) is 8.00. The van der Waals surface area contributed by atoms with Gasteiger partial charge in [0, 0.05) is 37.4 Å². The fourth-order valence-corrected chi connectivity index (χ4v) is 2.49. The zero-order valence-corrected chi connectivity index (χ0v) is 13.5. The van der Waals surface area contributed by atoms with Crippen molar-refractivity contribution in [3.8, 4) is 0 Å². The van der Waals surface area contributed by atoms with Gasteiger partial charge >= 0.3 is 0 Å². The van der Waals surface area contributed by atoms with Crippen LogP contribution in [0.3, 0.4) is 0 Å². The fourth-order valence-electron chi connectivity index (χ4n) is 2.49. The van der Waals surface area contributed by atoms with Crippen molar-refractivity contribution >= 4 is 5.91 Å². The van der Waals surface area contributed by atoms with Crippen LogP contribution >= 0.6 is 0 Å². The molecule has 0 fully saturated rings. The summed E-state index contributed by atoms with van der Waals surface area (Å²) in [7, 11) is 0. The molecule has 0 spiro atoms. The van der Waals surface area contributed by atoms with E-state index in [1.54, 1.807) is 6.20 Å². The standard InChI is InChI=1S/C19H24N2O2/c1-15-5-4-6-16(11-15)8-9-19(23)21-13-17(14-22)12-18-7-2-3-10-20-18/h2-7,10-11,17,22H,8-9,12-14H2,1H3,(H,21,23). The van der Waals surface area contributed by atoms with Crippen molar-refractivity contribution in [3.05, 3.63) is 65.5 Å². The Labute approximate surface area is 137 Å². The predicted octanol–water partition coefficient (Wildman–Crippen LogP) is 2.29. The van der Waals surface area contributed by atoms with E-state index in [2.05, 4.69) is 16.4 Å². The number of carbonyl (C=O) groups excluding carboxylic acids is 1. The molecule has 0 saturated heterocycles. The molecule has 122 valence electrons. The molecular formula is C19H24N2O2. The lowest BCUT2D eigenvalue weighted by molar-refractivity contribution is -0.121. The number of nitrogens with zero attached hydrogens (tertiary/aromatic N) is 1. The average molecular weight is 312 g/mol. The SMILES string of the molecule is Cc1cccc(CCC(=O)NCC(CO)Cc2ccccn2)c1. The molecule has 4 heteroatoms. The van der Waals surface area contributed by atoms with Gasteiger partial charge in [0.05, 0.1) is 0 Å². The van der Waals surface area contributed by atoms with Gasteiger partial charge in [-0.2, -0.15) is 0 Å².